The van der Waals surface area contributed by atoms with E-state index in [2.05, 4.69) is 4.90 Å². The number of hydrogen-bond acceptors (Lipinski definition) is 5. The second kappa shape index (κ2) is 8.45. The van der Waals surface area contributed by atoms with Crippen LogP contribution in [0.15, 0.2) is 0 Å². The van der Waals surface area contributed by atoms with E-state index in [0.29, 0.717) is 13.2 Å². The van der Waals surface area contributed by atoms with Crippen molar-refractivity contribution in [3.8, 4) is 0 Å². The molecule has 106 valence electrons. The van der Waals surface area contributed by atoms with Gasteiger partial charge in [-0.05, 0) is 26.3 Å². The van der Waals surface area contributed by atoms with E-state index in [-0.39, 0.29) is 25.0 Å². The van der Waals surface area contributed by atoms with Crippen molar-refractivity contribution in [2.45, 2.75) is 51.2 Å². The van der Waals surface area contributed by atoms with Gasteiger partial charge in [0.05, 0.1) is 25.7 Å². The Kier molecular flexibility index (Phi) is 7.23. The van der Waals surface area contributed by atoms with E-state index >= 15 is 0 Å². The molecule has 0 aliphatic carbocycles. The molecule has 0 aromatic rings. The summed E-state index contributed by atoms with van der Waals surface area (Å²) in [6.45, 7) is 3.52. The fourth-order valence-electron chi connectivity index (χ4n) is 2.43. The maximum Gasteiger partial charge on any atom is 0.308 e. The van der Waals surface area contributed by atoms with E-state index in [1.165, 1.54) is 6.42 Å². The van der Waals surface area contributed by atoms with Crippen molar-refractivity contribution in [3.63, 3.8) is 0 Å². The number of hydrogen-bond donors (Lipinski definition) is 2. The SMILES string of the molecule is CCOC(=O)CC(O)CN1CCCCCC1CO. The fraction of sp³-hybridized carbons (Fsp3) is 0.923. The van der Waals surface area contributed by atoms with Crippen LogP contribution in [-0.4, -0.2) is 59.5 Å². The monoisotopic (exact) mass is 259 g/mol. The van der Waals surface area contributed by atoms with Gasteiger partial charge >= 0.3 is 5.97 Å². The van der Waals surface area contributed by atoms with Crippen LogP contribution in [0.25, 0.3) is 0 Å². The molecule has 0 amide bonds. The van der Waals surface area contributed by atoms with E-state index in [0.717, 1.165) is 25.8 Å². The normalized spacial score (nSPS) is 23.4. The summed E-state index contributed by atoms with van der Waals surface area (Å²) in [7, 11) is 0. The summed E-state index contributed by atoms with van der Waals surface area (Å²) in [6.07, 6.45) is 3.65. The molecule has 1 aliphatic heterocycles. The summed E-state index contributed by atoms with van der Waals surface area (Å²) in [5.74, 6) is -0.361. The van der Waals surface area contributed by atoms with Crippen LogP contribution < -0.4 is 0 Å². The molecule has 0 saturated carbocycles. The number of carbonyl (C=O) groups excluding carboxylic acids is 1. The van der Waals surface area contributed by atoms with Gasteiger partial charge in [0.25, 0.3) is 0 Å². The van der Waals surface area contributed by atoms with Crippen molar-refractivity contribution in [2.75, 3.05) is 26.3 Å². The molecule has 0 radical (unpaired) electrons. The highest BCUT2D eigenvalue weighted by atomic mass is 16.5. The fourth-order valence-corrected chi connectivity index (χ4v) is 2.43. The molecule has 1 fully saturated rings. The Morgan fingerprint density at radius 2 is 2.22 bits per heavy atom. The molecule has 2 atom stereocenters. The Bertz CT molecular complexity index is 247. The third-order valence-electron chi connectivity index (χ3n) is 3.36. The van der Waals surface area contributed by atoms with Crippen LogP contribution in [0, 0.1) is 0 Å². The Morgan fingerprint density at radius 1 is 1.44 bits per heavy atom. The lowest BCUT2D eigenvalue weighted by molar-refractivity contribution is -0.145. The van der Waals surface area contributed by atoms with Gasteiger partial charge in [0.1, 0.15) is 0 Å². The molecule has 0 aromatic carbocycles. The zero-order chi connectivity index (χ0) is 13.4. The first-order valence-electron chi connectivity index (χ1n) is 6.86. The van der Waals surface area contributed by atoms with Gasteiger partial charge in [0, 0.05) is 12.6 Å². The maximum atomic E-state index is 11.3. The number of ether oxygens (including phenoxy) is 1. The average Bonchev–Trinajstić information content (AvgIpc) is 2.54. The molecule has 1 rings (SSSR count). The first-order chi connectivity index (χ1) is 8.67. The Balaban J connectivity index is 2.39. The molecule has 1 aliphatic rings. The predicted octanol–water partition coefficient (Wildman–Crippen LogP) is 0.537. The number of esters is 1. The topological polar surface area (TPSA) is 70.0 Å². The smallest absolute Gasteiger partial charge is 0.308 e. The van der Waals surface area contributed by atoms with Gasteiger partial charge in [-0.2, -0.15) is 0 Å². The molecule has 1 heterocycles. The Hall–Kier alpha value is -0.650. The standard InChI is InChI=1S/C13H25NO4/c1-2-18-13(17)8-12(16)9-14-7-5-3-4-6-11(14)10-15/h11-12,15-16H,2-10H2,1H3. The molecule has 5 heteroatoms. The molecule has 2 unspecified atom stereocenters. The molecule has 5 nitrogen and oxygen atoms in total. The van der Waals surface area contributed by atoms with Gasteiger partial charge in [-0.1, -0.05) is 12.8 Å². The first-order valence-corrected chi connectivity index (χ1v) is 6.86. The van der Waals surface area contributed by atoms with Crippen LogP contribution in [0.1, 0.15) is 39.0 Å². The molecular formula is C13H25NO4. The second-order valence-electron chi connectivity index (χ2n) is 4.84. The van der Waals surface area contributed by atoms with Crippen molar-refractivity contribution in [2.24, 2.45) is 0 Å². The molecule has 18 heavy (non-hydrogen) atoms. The molecule has 2 N–H and O–H groups in total. The van der Waals surface area contributed by atoms with Crippen molar-refractivity contribution >= 4 is 5.97 Å². The highest BCUT2D eigenvalue weighted by Gasteiger charge is 2.23. The number of rotatable bonds is 6. The number of likely N-dealkylation sites (tertiary alicyclic amines) is 1. The van der Waals surface area contributed by atoms with E-state index in [4.69, 9.17) is 4.74 Å². The number of nitrogens with zero attached hydrogens (tertiary/aromatic N) is 1. The average molecular weight is 259 g/mol. The summed E-state index contributed by atoms with van der Waals surface area (Å²) in [5.41, 5.74) is 0. The number of β-amino-alcohol motifs (C(OH)–C–C–N with tert-alkyl or cyclic N) is 1. The van der Waals surface area contributed by atoms with Crippen LogP contribution in [-0.2, 0) is 9.53 Å². The van der Waals surface area contributed by atoms with Crippen LogP contribution in [0.2, 0.25) is 0 Å². The van der Waals surface area contributed by atoms with Gasteiger partial charge < -0.3 is 14.9 Å². The van der Waals surface area contributed by atoms with Gasteiger partial charge in [0.15, 0.2) is 0 Å². The zero-order valence-electron chi connectivity index (χ0n) is 11.2. The van der Waals surface area contributed by atoms with E-state index in [1.807, 2.05) is 0 Å². The molecule has 1 saturated heterocycles. The van der Waals surface area contributed by atoms with Gasteiger partial charge in [0.2, 0.25) is 0 Å². The van der Waals surface area contributed by atoms with Crippen molar-refractivity contribution in [1.82, 2.24) is 4.90 Å². The van der Waals surface area contributed by atoms with E-state index < -0.39 is 6.10 Å². The summed E-state index contributed by atoms with van der Waals surface area (Å²) < 4.78 is 4.81. The lowest BCUT2D eigenvalue weighted by Crippen LogP contribution is -2.42. The van der Waals surface area contributed by atoms with Crippen molar-refractivity contribution in [3.05, 3.63) is 0 Å². The van der Waals surface area contributed by atoms with E-state index in [1.54, 1.807) is 6.92 Å². The lowest BCUT2D eigenvalue weighted by Gasteiger charge is -2.30. The maximum absolute atomic E-state index is 11.3. The minimum absolute atomic E-state index is 0.0302. The minimum Gasteiger partial charge on any atom is -0.466 e. The first kappa shape index (κ1) is 15.4. The lowest BCUT2D eigenvalue weighted by atomic mass is 10.1. The van der Waals surface area contributed by atoms with E-state index in [9.17, 15) is 15.0 Å². The Labute approximate surface area is 109 Å². The van der Waals surface area contributed by atoms with Gasteiger partial charge in [-0.3, -0.25) is 9.69 Å². The zero-order valence-corrected chi connectivity index (χ0v) is 11.2. The van der Waals surface area contributed by atoms with Crippen molar-refractivity contribution in [1.29, 1.82) is 0 Å². The summed E-state index contributed by atoms with van der Waals surface area (Å²) in [5, 5.41) is 19.2. The predicted molar refractivity (Wildman–Crippen MR) is 68.2 cm³/mol. The number of aliphatic hydroxyl groups is 2. The van der Waals surface area contributed by atoms with Gasteiger partial charge in [-0.25, -0.2) is 0 Å². The molecular weight excluding hydrogens is 234 g/mol. The van der Waals surface area contributed by atoms with Crippen LogP contribution in [0.3, 0.4) is 0 Å². The van der Waals surface area contributed by atoms with Crippen LogP contribution in [0.5, 0.6) is 0 Å². The summed E-state index contributed by atoms with van der Waals surface area (Å²) in [4.78, 5) is 13.4. The second-order valence-corrected chi connectivity index (χ2v) is 4.84. The Morgan fingerprint density at radius 3 is 2.89 bits per heavy atom. The van der Waals surface area contributed by atoms with Gasteiger partial charge in [-0.15, -0.1) is 0 Å². The van der Waals surface area contributed by atoms with Crippen molar-refractivity contribution < 1.29 is 19.7 Å². The highest BCUT2D eigenvalue weighted by Crippen LogP contribution is 2.17. The number of carbonyl (C=O) groups is 1. The number of aliphatic hydroxyl groups excluding tert-OH is 2. The molecule has 0 aromatic heterocycles. The summed E-state index contributed by atoms with van der Waals surface area (Å²) >= 11 is 0. The third kappa shape index (κ3) is 5.33. The quantitative estimate of drug-likeness (QED) is 0.681. The highest BCUT2D eigenvalue weighted by molar-refractivity contribution is 5.69. The molecule has 0 spiro atoms. The largest absolute Gasteiger partial charge is 0.466 e. The third-order valence-corrected chi connectivity index (χ3v) is 3.36. The molecule has 0 bridgehead atoms. The van der Waals surface area contributed by atoms with Crippen LogP contribution >= 0.6 is 0 Å². The minimum atomic E-state index is -0.712. The summed E-state index contributed by atoms with van der Waals surface area (Å²) in [6, 6.07) is 0.115. The van der Waals surface area contributed by atoms with Crippen LogP contribution in [0.4, 0.5) is 0 Å².